The molecule has 2 aromatic carbocycles. The van der Waals surface area contributed by atoms with Crippen molar-refractivity contribution in [3.8, 4) is 5.75 Å². The van der Waals surface area contributed by atoms with Crippen LogP contribution in [0.25, 0.3) is 10.9 Å². The van der Waals surface area contributed by atoms with Crippen LogP contribution in [-0.2, 0) is 0 Å². The molecule has 3 aromatic rings. The zero-order valence-electron chi connectivity index (χ0n) is 12.6. The van der Waals surface area contributed by atoms with Crippen LogP contribution in [0.3, 0.4) is 0 Å². The van der Waals surface area contributed by atoms with Crippen LogP contribution in [-0.4, -0.2) is 11.6 Å². The predicted molar refractivity (Wildman–Crippen MR) is 92.4 cm³/mol. The number of hydrogen-bond donors (Lipinski definition) is 1. The second-order valence-electron chi connectivity index (χ2n) is 5.06. The molecule has 0 aliphatic carbocycles. The first-order chi connectivity index (χ1) is 10.7. The maximum absolute atomic E-state index is 5.94. The minimum absolute atomic E-state index is 0.644. The van der Waals surface area contributed by atoms with Crippen LogP contribution in [0.1, 0.15) is 12.6 Å². The topological polar surface area (TPSA) is 34.1 Å². The van der Waals surface area contributed by atoms with Crippen molar-refractivity contribution in [3.05, 3.63) is 59.2 Å². The number of nitrogens with zero attached hydrogens (tertiary/aromatic N) is 1. The molecule has 0 saturated carbocycles. The minimum atomic E-state index is 0.644. The monoisotopic (exact) mass is 312 g/mol. The number of nitrogens with one attached hydrogen (secondary N) is 1. The third-order valence-electron chi connectivity index (χ3n) is 3.34. The highest BCUT2D eigenvalue weighted by Gasteiger charge is 2.06. The van der Waals surface area contributed by atoms with E-state index in [0.717, 1.165) is 38.7 Å². The average molecular weight is 313 g/mol. The third-order valence-corrected chi connectivity index (χ3v) is 3.59. The van der Waals surface area contributed by atoms with Crippen molar-refractivity contribution >= 4 is 33.9 Å². The van der Waals surface area contributed by atoms with Crippen molar-refractivity contribution in [2.45, 2.75) is 13.8 Å². The number of hydrogen-bond acceptors (Lipinski definition) is 3. The Kier molecular flexibility index (Phi) is 4.16. The van der Waals surface area contributed by atoms with E-state index < -0.39 is 0 Å². The summed E-state index contributed by atoms with van der Waals surface area (Å²) in [5.74, 6) is 0.847. The fourth-order valence-corrected chi connectivity index (χ4v) is 2.51. The molecule has 0 saturated heterocycles. The van der Waals surface area contributed by atoms with Gasteiger partial charge in [-0.1, -0.05) is 11.6 Å². The van der Waals surface area contributed by atoms with E-state index in [2.05, 4.69) is 10.3 Å². The standard InChI is InChI=1S/C18H17ClN2O/c1-3-22-15-8-9-17-16(11-15)18(10-12(2)20-17)21-14-6-4-13(19)5-7-14/h4-11H,3H2,1-2H3,(H,20,21). The van der Waals surface area contributed by atoms with E-state index in [1.807, 2.05) is 62.4 Å². The number of ether oxygens (including phenoxy) is 1. The smallest absolute Gasteiger partial charge is 0.120 e. The highest BCUT2D eigenvalue weighted by molar-refractivity contribution is 6.30. The zero-order valence-corrected chi connectivity index (χ0v) is 13.3. The molecule has 0 aliphatic heterocycles. The van der Waals surface area contributed by atoms with Crippen molar-refractivity contribution in [1.29, 1.82) is 0 Å². The molecular formula is C18H17ClN2O. The molecule has 112 valence electrons. The number of anilines is 2. The molecule has 0 unspecified atom stereocenters. The van der Waals surface area contributed by atoms with Crippen LogP contribution >= 0.6 is 11.6 Å². The van der Waals surface area contributed by atoms with Gasteiger partial charge in [0.05, 0.1) is 12.1 Å². The van der Waals surface area contributed by atoms with Crippen molar-refractivity contribution in [2.75, 3.05) is 11.9 Å². The summed E-state index contributed by atoms with van der Waals surface area (Å²) in [6, 6.07) is 15.6. The lowest BCUT2D eigenvalue weighted by atomic mass is 10.1. The van der Waals surface area contributed by atoms with E-state index in [0.29, 0.717) is 6.61 Å². The predicted octanol–water partition coefficient (Wildman–Crippen LogP) is 5.34. The maximum atomic E-state index is 5.94. The molecule has 1 heterocycles. The lowest BCUT2D eigenvalue weighted by Gasteiger charge is -2.12. The van der Waals surface area contributed by atoms with Gasteiger partial charge in [0, 0.05) is 27.5 Å². The summed E-state index contributed by atoms with van der Waals surface area (Å²) in [5.41, 5.74) is 3.90. The molecule has 1 N–H and O–H groups in total. The largest absolute Gasteiger partial charge is 0.494 e. The van der Waals surface area contributed by atoms with Crippen LogP contribution in [0.5, 0.6) is 5.75 Å². The van der Waals surface area contributed by atoms with Gasteiger partial charge < -0.3 is 10.1 Å². The fourth-order valence-electron chi connectivity index (χ4n) is 2.39. The summed E-state index contributed by atoms with van der Waals surface area (Å²) in [7, 11) is 0. The van der Waals surface area contributed by atoms with Gasteiger partial charge in [0.25, 0.3) is 0 Å². The number of rotatable bonds is 4. The van der Waals surface area contributed by atoms with E-state index in [9.17, 15) is 0 Å². The molecule has 22 heavy (non-hydrogen) atoms. The van der Waals surface area contributed by atoms with Gasteiger partial charge in [-0.15, -0.1) is 0 Å². The fraction of sp³-hybridized carbons (Fsp3) is 0.167. The van der Waals surface area contributed by atoms with Gasteiger partial charge >= 0.3 is 0 Å². The van der Waals surface area contributed by atoms with Crippen LogP contribution in [0.2, 0.25) is 5.02 Å². The Morgan fingerprint density at radius 2 is 1.86 bits per heavy atom. The van der Waals surface area contributed by atoms with Crippen molar-refractivity contribution in [1.82, 2.24) is 4.98 Å². The van der Waals surface area contributed by atoms with Gasteiger partial charge in [-0.05, 0) is 62.4 Å². The summed E-state index contributed by atoms with van der Waals surface area (Å²) in [6.45, 7) is 4.61. The van der Waals surface area contributed by atoms with Crippen LogP contribution < -0.4 is 10.1 Å². The van der Waals surface area contributed by atoms with Crippen LogP contribution in [0.4, 0.5) is 11.4 Å². The molecule has 3 nitrogen and oxygen atoms in total. The van der Waals surface area contributed by atoms with Gasteiger partial charge in [0.1, 0.15) is 5.75 Å². The van der Waals surface area contributed by atoms with Crippen molar-refractivity contribution < 1.29 is 4.74 Å². The maximum Gasteiger partial charge on any atom is 0.120 e. The second kappa shape index (κ2) is 6.24. The average Bonchev–Trinajstić information content (AvgIpc) is 2.50. The first-order valence-electron chi connectivity index (χ1n) is 7.22. The summed E-state index contributed by atoms with van der Waals surface area (Å²) >= 11 is 5.94. The highest BCUT2D eigenvalue weighted by atomic mass is 35.5. The third kappa shape index (κ3) is 3.15. The number of halogens is 1. The molecule has 1 aromatic heterocycles. The Balaban J connectivity index is 2.05. The van der Waals surface area contributed by atoms with Crippen LogP contribution in [0, 0.1) is 6.92 Å². The van der Waals surface area contributed by atoms with E-state index in [1.165, 1.54) is 0 Å². The number of aryl methyl sites for hydroxylation is 1. The highest BCUT2D eigenvalue weighted by Crippen LogP contribution is 2.30. The Bertz CT molecular complexity index is 800. The van der Waals surface area contributed by atoms with Crippen molar-refractivity contribution in [3.63, 3.8) is 0 Å². The summed E-state index contributed by atoms with van der Waals surface area (Å²) in [6.07, 6.45) is 0. The lowest BCUT2D eigenvalue weighted by molar-refractivity contribution is 0.340. The van der Waals surface area contributed by atoms with Gasteiger partial charge in [0.2, 0.25) is 0 Å². The number of pyridine rings is 1. The van der Waals surface area contributed by atoms with Gasteiger partial charge in [-0.25, -0.2) is 0 Å². The van der Waals surface area contributed by atoms with E-state index >= 15 is 0 Å². The molecule has 0 aliphatic rings. The summed E-state index contributed by atoms with van der Waals surface area (Å²) in [4.78, 5) is 4.58. The molecule has 0 atom stereocenters. The van der Waals surface area contributed by atoms with E-state index in [-0.39, 0.29) is 0 Å². The molecule has 0 bridgehead atoms. The Labute approximate surface area is 134 Å². The number of fused-ring (bicyclic) bond motifs is 1. The first kappa shape index (κ1) is 14.7. The summed E-state index contributed by atoms with van der Waals surface area (Å²) in [5, 5.41) is 5.19. The Morgan fingerprint density at radius 1 is 1.09 bits per heavy atom. The first-order valence-corrected chi connectivity index (χ1v) is 7.60. The lowest BCUT2D eigenvalue weighted by Crippen LogP contribution is -1.96. The number of benzene rings is 2. The van der Waals surface area contributed by atoms with Crippen LogP contribution in [0.15, 0.2) is 48.5 Å². The van der Waals surface area contributed by atoms with E-state index in [4.69, 9.17) is 16.3 Å². The van der Waals surface area contributed by atoms with Gasteiger partial charge in [-0.2, -0.15) is 0 Å². The Morgan fingerprint density at radius 3 is 2.59 bits per heavy atom. The van der Waals surface area contributed by atoms with Gasteiger partial charge in [-0.3, -0.25) is 4.98 Å². The quantitative estimate of drug-likeness (QED) is 0.706. The molecule has 0 amide bonds. The van der Waals surface area contributed by atoms with E-state index in [1.54, 1.807) is 0 Å². The second-order valence-corrected chi connectivity index (χ2v) is 5.49. The van der Waals surface area contributed by atoms with Gasteiger partial charge in [0.15, 0.2) is 0 Å². The van der Waals surface area contributed by atoms with Crippen molar-refractivity contribution in [2.24, 2.45) is 0 Å². The number of aromatic nitrogens is 1. The molecule has 0 fully saturated rings. The molecule has 3 rings (SSSR count). The molecule has 0 spiro atoms. The molecule has 0 radical (unpaired) electrons. The SMILES string of the molecule is CCOc1ccc2nc(C)cc(Nc3ccc(Cl)cc3)c2c1. The Hall–Kier alpha value is -2.26. The zero-order chi connectivity index (χ0) is 15.5. The summed E-state index contributed by atoms with van der Waals surface area (Å²) < 4.78 is 5.59. The molecule has 4 heteroatoms. The normalized spacial score (nSPS) is 10.7. The minimum Gasteiger partial charge on any atom is -0.494 e. The molecular weight excluding hydrogens is 296 g/mol.